The van der Waals surface area contributed by atoms with E-state index in [-0.39, 0.29) is 0 Å². The van der Waals surface area contributed by atoms with Gasteiger partial charge in [-0.15, -0.1) is 11.8 Å². The molecule has 2 aromatic rings. The van der Waals surface area contributed by atoms with Crippen LogP contribution in [-0.4, -0.2) is 37.4 Å². The Bertz CT molecular complexity index is 562. The highest BCUT2D eigenvalue weighted by Gasteiger charge is 2.19. The monoisotopic (exact) mass is 342 g/mol. The number of methoxy groups -OCH3 is 1. The molecule has 128 valence electrons. The average molecular weight is 343 g/mol. The van der Waals surface area contributed by atoms with Gasteiger partial charge in [0.25, 0.3) is 0 Å². The van der Waals surface area contributed by atoms with Crippen LogP contribution in [0.4, 0.5) is 5.69 Å². The molecule has 0 aliphatic carbocycles. The van der Waals surface area contributed by atoms with Crippen molar-refractivity contribution in [1.82, 2.24) is 4.90 Å². The molecule has 0 unspecified atom stereocenters. The minimum absolute atomic E-state index is 0.563. The smallest absolute Gasteiger partial charge is 0.119 e. The number of nitrogens with zero attached hydrogens (tertiary/aromatic N) is 1. The second kappa shape index (κ2) is 8.45. The standard InChI is InChI=1S/C20H26N2OS/c1-23-19-7-5-17(6-8-19)21-18-11-13-22(14-12-18)15-16-3-9-20(24-2)10-4-16/h3-10,18,21H,11-15H2,1-2H3. The fourth-order valence-corrected chi connectivity index (χ4v) is 3.56. The van der Waals surface area contributed by atoms with Gasteiger partial charge in [0.05, 0.1) is 7.11 Å². The molecule has 4 heteroatoms. The molecule has 2 aromatic carbocycles. The molecule has 0 saturated carbocycles. The number of hydrogen-bond donors (Lipinski definition) is 1. The number of piperidine rings is 1. The lowest BCUT2D eigenvalue weighted by Crippen LogP contribution is -2.38. The van der Waals surface area contributed by atoms with Crippen molar-refractivity contribution in [3.05, 3.63) is 54.1 Å². The van der Waals surface area contributed by atoms with Gasteiger partial charge in [0.2, 0.25) is 0 Å². The normalized spacial score (nSPS) is 16.1. The van der Waals surface area contributed by atoms with Gasteiger partial charge in [-0.3, -0.25) is 4.90 Å². The first-order chi connectivity index (χ1) is 11.8. The number of nitrogens with one attached hydrogen (secondary N) is 1. The van der Waals surface area contributed by atoms with Crippen LogP contribution in [0, 0.1) is 0 Å². The van der Waals surface area contributed by atoms with Crippen molar-refractivity contribution in [3.63, 3.8) is 0 Å². The van der Waals surface area contributed by atoms with Gasteiger partial charge in [-0.25, -0.2) is 0 Å². The highest BCUT2D eigenvalue weighted by atomic mass is 32.2. The van der Waals surface area contributed by atoms with Gasteiger partial charge in [-0.2, -0.15) is 0 Å². The highest BCUT2D eigenvalue weighted by molar-refractivity contribution is 7.98. The first-order valence-electron chi connectivity index (χ1n) is 8.52. The van der Waals surface area contributed by atoms with Crippen LogP contribution in [0.25, 0.3) is 0 Å². The van der Waals surface area contributed by atoms with Gasteiger partial charge in [-0.05, 0) is 61.1 Å². The molecule has 0 radical (unpaired) electrons. The van der Waals surface area contributed by atoms with Gasteiger partial charge in [0.15, 0.2) is 0 Å². The van der Waals surface area contributed by atoms with Gasteiger partial charge in [0, 0.05) is 36.3 Å². The summed E-state index contributed by atoms with van der Waals surface area (Å²) in [6.07, 6.45) is 4.50. The molecule has 1 saturated heterocycles. The Morgan fingerprint density at radius 3 is 2.29 bits per heavy atom. The zero-order valence-electron chi connectivity index (χ0n) is 14.5. The summed E-state index contributed by atoms with van der Waals surface area (Å²) in [4.78, 5) is 3.89. The maximum Gasteiger partial charge on any atom is 0.119 e. The minimum Gasteiger partial charge on any atom is -0.497 e. The number of ether oxygens (including phenoxy) is 1. The number of thioether (sulfide) groups is 1. The second-order valence-corrected chi connectivity index (χ2v) is 7.15. The van der Waals surface area contributed by atoms with Crippen LogP contribution >= 0.6 is 11.8 Å². The van der Waals surface area contributed by atoms with E-state index < -0.39 is 0 Å². The first kappa shape index (κ1) is 17.2. The van der Waals surface area contributed by atoms with Crippen LogP contribution in [0.2, 0.25) is 0 Å². The summed E-state index contributed by atoms with van der Waals surface area (Å²) in [6.45, 7) is 3.36. The Balaban J connectivity index is 1.46. The maximum atomic E-state index is 5.21. The zero-order valence-corrected chi connectivity index (χ0v) is 15.3. The van der Waals surface area contributed by atoms with Gasteiger partial charge in [0.1, 0.15) is 5.75 Å². The fourth-order valence-electron chi connectivity index (χ4n) is 3.15. The van der Waals surface area contributed by atoms with E-state index in [1.807, 2.05) is 12.1 Å². The van der Waals surface area contributed by atoms with Crippen molar-refractivity contribution in [3.8, 4) is 5.75 Å². The Kier molecular flexibility index (Phi) is 6.05. The van der Waals surface area contributed by atoms with E-state index in [2.05, 4.69) is 52.9 Å². The summed E-state index contributed by atoms with van der Waals surface area (Å²) in [7, 11) is 1.70. The van der Waals surface area contributed by atoms with E-state index >= 15 is 0 Å². The van der Waals surface area contributed by atoms with E-state index in [4.69, 9.17) is 4.74 Å². The molecule has 1 N–H and O–H groups in total. The van der Waals surface area contributed by atoms with Crippen molar-refractivity contribution < 1.29 is 4.74 Å². The lowest BCUT2D eigenvalue weighted by molar-refractivity contribution is 0.211. The second-order valence-electron chi connectivity index (χ2n) is 6.27. The Morgan fingerprint density at radius 1 is 1.04 bits per heavy atom. The first-order valence-corrected chi connectivity index (χ1v) is 9.75. The molecule has 1 aliphatic heterocycles. The van der Waals surface area contributed by atoms with E-state index in [1.165, 1.54) is 29.0 Å². The number of hydrogen-bond acceptors (Lipinski definition) is 4. The SMILES string of the molecule is COc1ccc(NC2CCN(Cc3ccc(SC)cc3)CC2)cc1. The third-order valence-electron chi connectivity index (χ3n) is 4.61. The summed E-state index contributed by atoms with van der Waals surface area (Å²) in [6, 6.07) is 17.7. The Hall–Kier alpha value is -1.65. The van der Waals surface area contributed by atoms with Crippen LogP contribution in [0.5, 0.6) is 5.75 Å². The molecule has 0 aromatic heterocycles. The fraction of sp³-hybridized carbons (Fsp3) is 0.400. The van der Waals surface area contributed by atoms with Crippen LogP contribution < -0.4 is 10.1 Å². The molecule has 1 heterocycles. The van der Waals surface area contributed by atoms with Crippen molar-refractivity contribution >= 4 is 17.4 Å². The van der Waals surface area contributed by atoms with Crippen LogP contribution in [0.15, 0.2) is 53.4 Å². The predicted octanol–water partition coefficient (Wildman–Crippen LogP) is 4.49. The maximum absolute atomic E-state index is 5.21. The summed E-state index contributed by atoms with van der Waals surface area (Å²) in [5.74, 6) is 0.905. The summed E-state index contributed by atoms with van der Waals surface area (Å²) >= 11 is 1.80. The summed E-state index contributed by atoms with van der Waals surface area (Å²) in [5, 5.41) is 3.65. The number of rotatable bonds is 6. The molecule has 1 aliphatic rings. The lowest BCUT2D eigenvalue weighted by atomic mass is 10.0. The molecular formula is C20H26N2OS. The third-order valence-corrected chi connectivity index (χ3v) is 5.36. The topological polar surface area (TPSA) is 24.5 Å². The molecule has 0 amide bonds. The quantitative estimate of drug-likeness (QED) is 0.782. The lowest BCUT2D eigenvalue weighted by Gasteiger charge is -2.33. The van der Waals surface area contributed by atoms with Crippen molar-refractivity contribution in [2.75, 3.05) is 31.8 Å². The summed E-state index contributed by atoms with van der Waals surface area (Å²) < 4.78 is 5.21. The minimum atomic E-state index is 0.563. The molecular weight excluding hydrogens is 316 g/mol. The molecule has 1 fully saturated rings. The third kappa shape index (κ3) is 4.68. The summed E-state index contributed by atoms with van der Waals surface area (Å²) in [5.41, 5.74) is 2.59. The molecule has 3 nitrogen and oxygen atoms in total. The van der Waals surface area contributed by atoms with Crippen molar-refractivity contribution in [2.45, 2.75) is 30.3 Å². The predicted molar refractivity (Wildman–Crippen MR) is 103 cm³/mol. The van der Waals surface area contributed by atoms with Gasteiger partial charge in [-0.1, -0.05) is 12.1 Å². The molecule has 0 spiro atoms. The van der Waals surface area contributed by atoms with Crippen molar-refractivity contribution in [2.24, 2.45) is 0 Å². The van der Waals surface area contributed by atoms with Crippen LogP contribution in [0.3, 0.4) is 0 Å². The average Bonchev–Trinajstić information content (AvgIpc) is 2.65. The van der Waals surface area contributed by atoms with Crippen LogP contribution in [-0.2, 0) is 6.54 Å². The Morgan fingerprint density at radius 2 is 1.71 bits per heavy atom. The van der Waals surface area contributed by atoms with E-state index in [9.17, 15) is 0 Å². The molecule has 3 rings (SSSR count). The Labute approximate surface area is 149 Å². The van der Waals surface area contributed by atoms with E-state index in [0.717, 1.165) is 25.4 Å². The van der Waals surface area contributed by atoms with E-state index in [1.54, 1.807) is 18.9 Å². The zero-order chi connectivity index (χ0) is 16.8. The molecule has 24 heavy (non-hydrogen) atoms. The van der Waals surface area contributed by atoms with Crippen LogP contribution in [0.1, 0.15) is 18.4 Å². The molecule has 0 bridgehead atoms. The molecule has 0 atom stereocenters. The van der Waals surface area contributed by atoms with E-state index in [0.29, 0.717) is 6.04 Å². The van der Waals surface area contributed by atoms with Gasteiger partial charge >= 0.3 is 0 Å². The number of likely N-dealkylation sites (tertiary alicyclic amines) is 1. The number of benzene rings is 2. The largest absolute Gasteiger partial charge is 0.497 e. The van der Waals surface area contributed by atoms with Gasteiger partial charge < -0.3 is 10.1 Å². The van der Waals surface area contributed by atoms with Crippen molar-refractivity contribution in [1.29, 1.82) is 0 Å². The highest BCUT2D eigenvalue weighted by Crippen LogP contribution is 2.21. The number of anilines is 1.